The third kappa shape index (κ3) is 8.10. The molecule has 0 radical (unpaired) electrons. The molecule has 0 heterocycles. The van der Waals surface area contributed by atoms with Gasteiger partial charge >= 0.3 is 6.03 Å². The molecule has 2 aromatic carbocycles. The molecule has 190 valence electrons. The molecule has 1 fully saturated rings. The maximum Gasteiger partial charge on any atom is 0.328 e. The van der Waals surface area contributed by atoms with Gasteiger partial charge in [-0.1, -0.05) is 43.0 Å². The Hall–Kier alpha value is -2.85. The van der Waals surface area contributed by atoms with E-state index in [-0.39, 0.29) is 35.4 Å². The Labute approximate surface area is 209 Å². The maximum absolute atomic E-state index is 12.5. The standard InChI is InChI=1S/C24H29ClFN3O5S/c25-18-8-11-22(34-15-13-26)21(16-18)23(30)27-14-12-17-6-9-20(10-7-17)35(32,33)29-24(31)28-19-4-2-1-3-5-19/h6-11,16,19H,1-5,12-15H2,(H,27,30)(H2,28,29,31). The molecular formula is C24H29ClFN3O5S. The molecule has 1 aliphatic carbocycles. The van der Waals surface area contributed by atoms with Gasteiger partial charge in [0.25, 0.3) is 15.9 Å². The quantitative estimate of drug-likeness (QED) is 0.434. The number of benzene rings is 2. The zero-order chi connectivity index (χ0) is 25.3. The van der Waals surface area contributed by atoms with Gasteiger partial charge in [-0.25, -0.2) is 22.3 Å². The van der Waals surface area contributed by atoms with Crippen LogP contribution in [0.5, 0.6) is 5.75 Å². The second kappa shape index (κ2) is 12.7. The highest BCUT2D eigenvalue weighted by atomic mass is 35.5. The first kappa shape index (κ1) is 26.7. The number of carbonyl (C=O) groups is 2. The van der Waals surface area contributed by atoms with Gasteiger partial charge in [0.2, 0.25) is 0 Å². The number of hydrogen-bond donors (Lipinski definition) is 3. The first-order valence-electron chi connectivity index (χ1n) is 11.5. The van der Waals surface area contributed by atoms with Crippen molar-refractivity contribution in [3.05, 3.63) is 58.6 Å². The van der Waals surface area contributed by atoms with Crippen LogP contribution in [0.4, 0.5) is 9.18 Å². The normalized spacial score (nSPS) is 14.2. The summed E-state index contributed by atoms with van der Waals surface area (Å²) in [6, 6.07) is 9.84. The van der Waals surface area contributed by atoms with Crippen molar-refractivity contribution in [2.24, 2.45) is 0 Å². The molecule has 0 aliphatic heterocycles. The summed E-state index contributed by atoms with van der Waals surface area (Å²) < 4.78 is 44.8. The first-order valence-corrected chi connectivity index (χ1v) is 13.3. The molecule has 11 heteroatoms. The number of sulfonamides is 1. The molecule has 0 bridgehead atoms. The van der Waals surface area contributed by atoms with E-state index in [2.05, 4.69) is 15.4 Å². The first-order chi connectivity index (χ1) is 16.8. The summed E-state index contributed by atoms with van der Waals surface area (Å²) in [5.74, 6) is -0.187. The zero-order valence-electron chi connectivity index (χ0n) is 19.2. The van der Waals surface area contributed by atoms with E-state index in [1.807, 2.05) is 0 Å². The van der Waals surface area contributed by atoms with E-state index >= 15 is 0 Å². The number of hydrogen-bond acceptors (Lipinski definition) is 5. The lowest BCUT2D eigenvalue weighted by Gasteiger charge is -2.22. The van der Waals surface area contributed by atoms with Crippen molar-refractivity contribution in [1.82, 2.24) is 15.4 Å². The van der Waals surface area contributed by atoms with Crippen molar-refractivity contribution in [2.45, 2.75) is 49.5 Å². The second-order valence-electron chi connectivity index (χ2n) is 8.24. The Bertz CT molecular complexity index is 1120. The van der Waals surface area contributed by atoms with Crippen molar-refractivity contribution >= 4 is 33.6 Å². The summed E-state index contributed by atoms with van der Waals surface area (Å²) in [6.45, 7) is -0.591. The van der Waals surface area contributed by atoms with Gasteiger partial charge in [-0.15, -0.1) is 0 Å². The Kier molecular flexibility index (Phi) is 9.73. The lowest BCUT2D eigenvalue weighted by molar-refractivity contribution is 0.0949. The molecule has 2 aromatic rings. The molecule has 8 nitrogen and oxygen atoms in total. The molecule has 3 N–H and O–H groups in total. The van der Waals surface area contributed by atoms with Crippen LogP contribution in [-0.2, 0) is 16.4 Å². The van der Waals surface area contributed by atoms with Crippen LogP contribution < -0.4 is 20.1 Å². The lowest BCUT2D eigenvalue weighted by Crippen LogP contribution is -2.45. The van der Waals surface area contributed by atoms with E-state index in [9.17, 15) is 22.4 Å². The molecule has 0 saturated heterocycles. The summed E-state index contributed by atoms with van der Waals surface area (Å²) in [5, 5.41) is 5.82. The highest BCUT2D eigenvalue weighted by Gasteiger charge is 2.21. The minimum atomic E-state index is -4.00. The number of amides is 3. The van der Waals surface area contributed by atoms with Gasteiger partial charge in [-0.2, -0.15) is 0 Å². The zero-order valence-corrected chi connectivity index (χ0v) is 20.8. The van der Waals surface area contributed by atoms with E-state index in [4.69, 9.17) is 16.3 Å². The van der Waals surface area contributed by atoms with Crippen LogP contribution in [0.15, 0.2) is 47.4 Å². The van der Waals surface area contributed by atoms with E-state index in [1.54, 1.807) is 18.2 Å². The van der Waals surface area contributed by atoms with Crippen LogP contribution >= 0.6 is 11.6 Å². The van der Waals surface area contributed by atoms with Crippen LogP contribution in [-0.4, -0.2) is 46.2 Å². The number of halogens is 2. The van der Waals surface area contributed by atoms with Gasteiger partial charge in [-0.3, -0.25) is 4.79 Å². The molecule has 1 saturated carbocycles. The molecule has 1 aliphatic rings. The van der Waals surface area contributed by atoms with E-state index in [0.717, 1.165) is 37.7 Å². The van der Waals surface area contributed by atoms with Gasteiger partial charge in [0.1, 0.15) is 19.0 Å². The van der Waals surface area contributed by atoms with E-state index in [1.165, 1.54) is 24.3 Å². The minimum Gasteiger partial charge on any atom is -0.490 e. The fourth-order valence-electron chi connectivity index (χ4n) is 3.85. The van der Waals surface area contributed by atoms with Gasteiger partial charge in [0.05, 0.1) is 10.5 Å². The monoisotopic (exact) mass is 525 g/mol. The number of carbonyl (C=O) groups excluding carboxylic acids is 2. The fraction of sp³-hybridized carbons (Fsp3) is 0.417. The number of alkyl halides is 1. The highest BCUT2D eigenvalue weighted by Crippen LogP contribution is 2.23. The predicted octanol–water partition coefficient (Wildman–Crippen LogP) is 3.98. The Balaban J connectivity index is 1.51. The predicted molar refractivity (Wildman–Crippen MR) is 131 cm³/mol. The van der Waals surface area contributed by atoms with Gasteiger partial charge < -0.3 is 15.4 Å². The Morgan fingerprint density at radius 1 is 1.06 bits per heavy atom. The minimum absolute atomic E-state index is 0.00483. The summed E-state index contributed by atoms with van der Waals surface area (Å²) in [6.07, 6.45) is 5.30. The van der Waals surface area contributed by atoms with Crippen LogP contribution in [0, 0.1) is 0 Å². The summed E-state index contributed by atoms with van der Waals surface area (Å²) in [7, 11) is -4.00. The van der Waals surface area contributed by atoms with Crippen molar-refractivity contribution in [3.8, 4) is 5.75 Å². The largest absolute Gasteiger partial charge is 0.490 e. The molecule has 0 aromatic heterocycles. The van der Waals surface area contributed by atoms with Crippen molar-refractivity contribution in [2.75, 3.05) is 19.8 Å². The number of ether oxygens (including phenoxy) is 1. The molecule has 0 atom stereocenters. The average molecular weight is 526 g/mol. The lowest BCUT2D eigenvalue weighted by atomic mass is 9.96. The number of rotatable bonds is 10. The molecule has 3 amide bonds. The smallest absolute Gasteiger partial charge is 0.328 e. The van der Waals surface area contributed by atoms with Gasteiger partial charge in [-0.05, 0) is 55.2 Å². The SMILES string of the molecule is O=C(NC1CCCCC1)NS(=O)(=O)c1ccc(CCNC(=O)c2cc(Cl)ccc2OCCF)cc1. The van der Waals surface area contributed by atoms with Crippen LogP contribution in [0.1, 0.15) is 48.0 Å². The van der Waals surface area contributed by atoms with E-state index < -0.39 is 28.6 Å². The topological polar surface area (TPSA) is 114 Å². The van der Waals surface area contributed by atoms with Crippen molar-refractivity contribution in [1.29, 1.82) is 0 Å². The van der Waals surface area contributed by atoms with E-state index in [0.29, 0.717) is 11.4 Å². The third-order valence-electron chi connectivity index (χ3n) is 5.62. The summed E-state index contributed by atoms with van der Waals surface area (Å²) in [5.41, 5.74) is 0.987. The Morgan fingerprint density at radius 2 is 1.77 bits per heavy atom. The van der Waals surface area contributed by atoms with Crippen LogP contribution in [0.3, 0.4) is 0 Å². The number of nitrogens with one attached hydrogen (secondary N) is 3. The number of urea groups is 1. The van der Waals surface area contributed by atoms with Crippen LogP contribution in [0.25, 0.3) is 0 Å². The van der Waals surface area contributed by atoms with Gasteiger partial charge in [0.15, 0.2) is 0 Å². The fourth-order valence-corrected chi connectivity index (χ4v) is 4.93. The molecule has 0 spiro atoms. The second-order valence-corrected chi connectivity index (χ2v) is 10.4. The molecule has 35 heavy (non-hydrogen) atoms. The molecular weight excluding hydrogens is 497 g/mol. The third-order valence-corrected chi connectivity index (χ3v) is 7.20. The summed E-state index contributed by atoms with van der Waals surface area (Å²) in [4.78, 5) is 24.6. The van der Waals surface area contributed by atoms with Crippen molar-refractivity contribution in [3.63, 3.8) is 0 Å². The molecule has 0 unspecified atom stereocenters. The average Bonchev–Trinajstić information content (AvgIpc) is 2.83. The van der Waals surface area contributed by atoms with Gasteiger partial charge in [0, 0.05) is 17.6 Å². The Morgan fingerprint density at radius 3 is 2.46 bits per heavy atom. The van der Waals surface area contributed by atoms with Crippen molar-refractivity contribution < 1.29 is 27.1 Å². The maximum atomic E-state index is 12.5. The summed E-state index contributed by atoms with van der Waals surface area (Å²) >= 11 is 5.97. The molecule has 3 rings (SSSR count). The van der Waals surface area contributed by atoms with Crippen LogP contribution in [0.2, 0.25) is 5.02 Å². The highest BCUT2D eigenvalue weighted by molar-refractivity contribution is 7.90.